The van der Waals surface area contributed by atoms with Crippen LogP contribution in [0.15, 0.2) is 0 Å². The average Bonchev–Trinajstić information content (AvgIpc) is 2.08. The van der Waals surface area contributed by atoms with E-state index in [1.807, 2.05) is 18.7 Å². The molecule has 15 heavy (non-hydrogen) atoms. The minimum atomic E-state index is -0.785. The molecule has 0 aromatic heterocycles. The number of ether oxygens (including phenoxy) is 1. The quantitative estimate of drug-likeness (QED) is 0.625. The van der Waals surface area contributed by atoms with E-state index in [9.17, 15) is 4.79 Å². The SMILES string of the molecule is CC(C)COCCN(CC(=O)O)C(C)C. The summed E-state index contributed by atoms with van der Waals surface area (Å²) < 4.78 is 5.42. The van der Waals surface area contributed by atoms with Crippen molar-refractivity contribution in [3.05, 3.63) is 0 Å². The first kappa shape index (κ1) is 14.4. The van der Waals surface area contributed by atoms with Crippen molar-refractivity contribution < 1.29 is 14.6 Å². The number of hydrogen-bond donors (Lipinski definition) is 1. The maximum Gasteiger partial charge on any atom is 0.317 e. The van der Waals surface area contributed by atoms with Gasteiger partial charge in [-0.2, -0.15) is 0 Å². The molecule has 0 aromatic rings. The van der Waals surface area contributed by atoms with Crippen LogP contribution in [0.2, 0.25) is 0 Å². The monoisotopic (exact) mass is 217 g/mol. The van der Waals surface area contributed by atoms with Crippen LogP contribution < -0.4 is 0 Å². The average molecular weight is 217 g/mol. The van der Waals surface area contributed by atoms with E-state index in [-0.39, 0.29) is 12.6 Å². The molecule has 0 heterocycles. The van der Waals surface area contributed by atoms with Gasteiger partial charge in [0.05, 0.1) is 13.2 Å². The van der Waals surface area contributed by atoms with E-state index in [4.69, 9.17) is 9.84 Å². The van der Waals surface area contributed by atoms with Crippen molar-refractivity contribution in [1.82, 2.24) is 4.90 Å². The van der Waals surface area contributed by atoms with Gasteiger partial charge in [-0.25, -0.2) is 0 Å². The highest BCUT2D eigenvalue weighted by atomic mass is 16.5. The fourth-order valence-electron chi connectivity index (χ4n) is 1.19. The Bertz CT molecular complexity index is 181. The highest BCUT2D eigenvalue weighted by Crippen LogP contribution is 1.98. The third-order valence-electron chi connectivity index (χ3n) is 2.04. The lowest BCUT2D eigenvalue weighted by Gasteiger charge is -2.24. The molecule has 0 aliphatic heterocycles. The van der Waals surface area contributed by atoms with Gasteiger partial charge in [0.2, 0.25) is 0 Å². The molecule has 0 atom stereocenters. The number of aliphatic carboxylic acids is 1. The van der Waals surface area contributed by atoms with Gasteiger partial charge in [-0.05, 0) is 19.8 Å². The maximum absolute atomic E-state index is 10.6. The first-order chi connectivity index (χ1) is 6.93. The van der Waals surface area contributed by atoms with Crippen molar-refractivity contribution >= 4 is 5.97 Å². The minimum absolute atomic E-state index is 0.0860. The first-order valence-corrected chi connectivity index (χ1v) is 5.47. The van der Waals surface area contributed by atoms with E-state index in [0.29, 0.717) is 19.1 Å². The van der Waals surface area contributed by atoms with Gasteiger partial charge >= 0.3 is 5.97 Å². The zero-order valence-electron chi connectivity index (χ0n) is 10.2. The van der Waals surface area contributed by atoms with E-state index < -0.39 is 5.97 Å². The first-order valence-electron chi connectivity index (χ1n) is 5.47. The predicted molar refractivity (Wildman–Crippen MR) is 60.0 cm³/mol. The Kier molecular flexibility index (Phi) is 7.34. The molecular formula is C11H23NO3. The Morgan fingerprint density at radius 1 is 1.33 bits per heavy atom. The van der Waals surface area contributed by atoms with Gasteiger partial charge in [0.15, 0.2) is 0 Å². The number of rotatable bonds is 8. The molecule has 0 rings (SSSR count). The van der Waals surface area contributed by atoms with E-state index in [1.54, 1.807) is 0 Å². The molecule has 1 N–H and O–H groups in total. The van der Waals surface area contributed by atoms with Crippen molar-refractivity contribution in [3.63, 3.8) is 0 Å². The molecule has 4 nitrogen and oxygen atoms in total. The zero-order chi connectivity index (χ0) is 11.8. The lowest BCUT2D eigenvalue weighted by Crippen LogP contribution is -2.38. The number of carbonyl (C=O) groups is 1. The zero-order valence-corrected chi connectivity index (χ0v) is 10.2. The fraction of sp³-hybridized carbons (Fsp3) is 0.909. The lowest BCUT2D eigenvalue weighted by molar-refractivity contribution is -0.139. The van der Waals surface area contributed by atoms with Gasteiger partial charge in [-0.1, -0.05) is 13.8 Å². The van der Waals surface area contributed by atoms with E-state index >= 15 is 0 Å². The Morgan fingerprint density at radius 2 is 1.93 bits per heavy atom. The summed E-state index contributed by atoms with van der Waals surface area (Å²) >= 11 is 0. The topological polar surface area (TPSA) is 49.8 Å². The molecule has 0 unspecified atom stereocenters. The molecule has 0 saturated heterocycles. The second-order valence-corrected chi connectivity index (χ2v) is 4.43. The van der Waals surface area contributed by atoms with Crippen molar-refractivity contribution in [1.29, 1.82) is 0 Å². The van der Waals surface area contributed by atoms with Crippen LogP contribution in [0.4, 0.5) is 0 Å². The summed E-state index contributed by atoms with van der Waals surface area (Å²) in [7, 11) is 0. The Morgan fingerprint density at radius 3 is 2.33 bits per heavy atom. The van der Waals surface area contributed by atoms with E-state index in [2.05, 4.69) is 13.8 Å². The van der Waals surface area contributed by atoms with Crippen LogP contribution >= 0.6 is 0 Å². The lowest BCUT2D eigenvalue weighted by atomic mass is 10.2. The molecule has 0 amide bonds. The summed E-state index contributed by atoms with van der Waals surface area (Å²) in [6, 6.07) is 0.240. The van der Waals surface area contributed by atoms with E-state index in [0.717, 1.165) is 6.61 Å². The minimum Gasteiger partial charge on any atom is -0.480 e. The van der Waals surface area contributed by atoms with Crippen LogP contribution in [0.25, 0.3) is 0 Å². The smallest absolute Gasteiger partial charge is 0.317 e. The fourth-order valence-corrected chi connectivity index (χ4v) is 1.19. The summed E-state index contributed by atoms with van der Waals surface area (Å²) in [5.41, 5.74) is 0. The largest absolute Gasteiger partial charge is 0.480 e. The molecule has 0 aliphatic carbocycles. The molecule has 0 aliphatic rings. The van der Waals surface area contributed by atoms with Crippen LogP contribution in [0, 0.1) is 5.92 Å². The summed E-state index contributed by atoms with van der Waals surface area (Å²) in [5.74, 6) is -0.260. The molecule has 0 spiro atoms. The molecular weight excluding hydrogens is 194 g/mol. The number of nitrogens with zero attached hydrogens (tertiary/aromatic N) is 1. The standard InChI is InChI=1S/C11H23NO3/c1-9(2)8-15-6-5-12(10(3)4)7-11(13)14/h9-10H,5-8H2,1-4H3,(H,13,14). The van der Waals surface area contributed by atoms with Crippen molar-refractivity contribution in [2.75, 3.05) is 26.3 Å². The summed E-state index contributed by atoms with van der Waals surface area (Å²) in [5, 5.41) is 8.70. The van der Waals surface area contributed by atoms with Crippen molar-refractivity contribution in [3.8, 4) is 0 Å². The number of carboxylic acid groups (broad SMARTS) is 1. The van der Waals surface area contributed by atoms with Gasteiger partial charge in [0.1, 0.15) is 0 Å². The number of carboxylic acids is 1. The Balaban J connectivity index is 3.71. The molecule has 0 fully saturated rings. The molecule has 0 bridgehead atoms. The molecule has 4 heteroatoms. The van der Waals surface area contributed by atoms with Gasteiger partial charge in [-0.3, -0.25) is 9.69 Å². The third-order valence-corrected chi connectivity index (χ3v) is 2.04. The van der Waals surface area contributed by atoms with Gasteiger partial charge in [0, 0.05) is 19.2 Å². The predicted octanol–water partition coefficient (Wildman–Crippen LogP) is 1.45. The molecule has 90 valence electrons. The van der Waals surface area contributed by atoms with E-state index in [1.165, 1.54) is 0 Å². The molecule has 0 aromatic carbocycles. The van der Waals surface area contributed by atoms with Crippen LogP contribution in [0.5, 0.6) is 0 Å². The Labute approximate surface area is 92.2 Å². The van der Waals surface area contributed by atoms with Gasteiger partial charge in [-0.15, -0.1) is 0 Å². The second-order valence-electron chi connectivity index (χ2n) is 4.43. The third kappa shape index (κ3) is 8.39. The molecule has 0 radical (unpaired) electrons. The van der Waals surface area contributed by atoms with Crippen molar-refractivity contribution in [2.24, 2.45) is 5.92 Å². The highest BCUT2D eigenvalue weighted by molar-refractivity contribution is 5.69. The summed E-state index contributed by atoms with van der Waals surface area (Å²) in [4.78, 5) is 12.5. The number of hydrogen-bond acceptors (Lipinski definition) is 3. The van der Waals surface area contributed by atoms with Crippen LogP contribution in [-0.2, 0) is 9.53 Å². The summed E-state index contributed by atoms with van der Waals surface area (Å²) in [6.07, 6.45) is 0. The normalized spacial score (nSPS) is 11.7. The van der Waals surface area contributed by atoms with Crippen LogP contribution in [-0.4, -0.2) is 48.3 Å². The van der Waals surface area contributed by atoms with Crippen LogP contribution in [0.1, 0.15) is 27.7 Å². The Hall–Kier alpha value is -0.610. The molecule has 0 saturated carbocycles. The van der Waals surface area contributed by atoms with Crippen molar-refractivity contribution in [2.45, 2.75) is 33.7 Å². The second kappa shape index (κ2) is 7.65. The van der Waals surface area contributed by atoms with Gasteiger partial charge in [0.25, 0.3) is 0 Å². The van der Waals surface area contributed by atoms with Gasteiger partial charge < -0.3 is 9.84 Å². The highest BCUT2D eigenvalue weighted by Gasteiger charge is 2.12. The van der Waals surface area contributed by atoms with Crippen LogP contribution in [0.3, 0.4) is 0 Å². The summed E-state index contributed by atoms with van der Waals surface area (Å²) in [6.45, 7) is 10.3. The maximum atomic E-state index is 10.6.